The summed E-state index contributed by atoms with van der Waals surface area (Å²) in [6.45, 7) is 0.615. The molecule has 0 atom stereocenters. The lowest BCUT2D eigenvalue weighted by molar-refractivity contribution is 0.144. The van der Waals surface area contributed by atoms with Crippen LogP contribution in [0.4, 0.5) is 4.79 Å². The van der Waals surface area contributed by atoms with Gasteiger partial charge in [-0.1, -0.05) is 60.7 Å². The van der Waals surface area contributed by atoms with E-state index in [-0.39, 0.29) is 12.5 Å². The molecule has 0 radical (unpaired) electrons. The van der Waals surface area contributed by atoms with Crippen molar-refractivity contribution in [2.75, 3.05) is 34.5 Å². The van der Waals surface area contributed by atoms with E-state index in [4.69, 9.17) is 18.9 Å². The zero-order valence-corrected chi connectivity index (χ0v) is 19.0. The van der Waals surface area contributed by atoms with Gasteiger partial charge in [0.05, 0.1) is 21.3 Å². The molecule has 0 spiro atoms. The summed E-state index contributed by atoms with van der Waals surface area (Å²) < 4.78 is 21.6. The number of methoxy groups -OCH3 is 3. The van der Waals surface area contributed by atoms with Crippen LogP contribution in [0.3, 0.4) is 0 Å². The van der Waals surface area contributed by atoms with Crippen LogP contribution in [-0.4, -0.2) is 40.6 Å². The summed E-state index contributed by atoms with van der Waals surface area (Å²) >= 11 is 0. The molecule has 0 bridgehead atoms. The lowest BCUT2D eigenvalue weighted by Crippen LogP contribution is -2.26. The van der Waals surface area contributed by atoms with Crippen LogP contribution in [0.1, 0.15) is 22.6 Å². The largest absolute Gasteiger partial charge is 0.493 e. The highest BCUT2D eigenvalue weighted by atomic mass is 16.5. The van der Waals surface area contributed by atoms with Crippen molar-refractivity contribution in [2.24, 2.45) is 0 Å². The van der Waals surface area contributed by atoms with Gasteiger partial charge in [-0.05, 0) is 39.9 Å². The molecule has 4 rings (SSSR count). The maximum absolute atomic E-state index is 12.3. The van der Waals surface area contributed by atoms with E-state index in [0.29, 0.717) is 23.8 Å². The third-order valence-electron chi connectivity index (χ3n) is 5.71. The monoisotopic (exact) mass is 445 g/mol. The van der Waals surface area contributed by atoms with Crippen LogP contribution < -0.4 is 19.5 Å². The standard InChI is InChI=1S/C27H27NO5/c1-30-24-15-18(16-25(31-2)26(24)32-3)9-8-14-28-27(29)33-17-23-21-12-6-4-10-19(21)20-11-5-7-13-22(20)23/h4-13,15-16,23H,14,17H2,1-3H3,(H,28,29). The number of carbonyl (C=O) groups is 1. The van der Waals surface area contributed by atoms with E-state index in [1.807, 2.05) is 48.6 Å². The van der Waals surface area contributed by atoms with Gasteiger partial charge >= 0.3 is 6.09 Å². The summed E-state index contributed by atoms with van der Waals surface area (Å²) in [6.07, 6.45) is 3.25. The Balaban J connectivity index is 1.34. The molecule has 0 aromatic heterocycles. The van der Waals surface area contributed by atoms with Gasteiger partial charge in [-0.25, -0.2) is 4.79 Å². The van der Waals surface area contributed by atoms with Crippen molar-refractivity contribution in [1.82, 2.24) is 5.32 Å². The van der Waals surface area contributed by atoms with Gasteiger partial charge in [0.2, 0.25) is 5.75 Å². The minimum absolute atomic E-state index is 0.0397. The third kappa shape index (κ3) is 4.65. The van der Waals surface area contributed by atoms with Crippen molar-refractivity contribution in [3.8, 4) is 28.4 Å². The van der Waals surface area contributed by atoms with Crippen LogP contribution in [0, 0.1) is 0 Å². The van der Waals surface area contributed by atoms with E-state index in [9.17, 15) is 4.79 Å². The van der Waals surface area contributed by atoms with Crippen LogP contribution in [0.5, 0.6) is 17.2 Å². The van der Waals surface area contributed by atoms with E-state index < -0.39 is 6.09 Å². The van der Waals surface area contributed by atoms with Gasteiger partial charge in [-0.2, -0.15) is 0 Å². The molecule has 0 aliphatic heterocycles. The predicted octanol–water partition coefficient (Wildman–Crippen LogP) is 5.26. The first kappa shape index (κ1) is 22.3. The second-order valence-corrected chi connectivity index (χ2v) is 7.57. The molecule has 0 fully saturated rings. The summed E-state index contributed by atoms with van der Waals surface area (Å²) in [7, 11) is 4.71. The topological polar surface area (TPSA) is 66.0 Å². The molecular weight excluding hydrogens is 418 g/mol. The molecule has 0 unspecified atom stereocenters. The second kappa shape index (κ2) is 10.1. The second-order valence-electron chi connectivity index (χ2n) is 7.57. The minimum Gasteiger partial charge on any atom is -0.493 e. The van der Waals surface area contributed by atoms with Crippen molar-refractivity contribution in [3.05, 3.63) is 83.4 Å². The molecule has 0 saturated carbocycles. The minimum atomic E-state index is -0.452. The average molecular weight is 446 g/mol. The van der Waals surface area contributed by atoms with Gasteiger partial charge in [0.1, 0.15) is 6.61 Å². The fourth-order valence-electron chi connectivity index (χ4n) is 4.18. The Labute approximate surface area is 193 Å². The van der Waals surface area contributed by atoms with Gasteiger partial charge in [0.15, 0.2) is 11.5 Å². The lowest BCUT2D eigenvalue weighted by Gasteiger charge is -2.14. The van der Waals surface area contributed by atoms with Crippen LogP contribution in [0.2, 0.25) is 0 Å². The molecule has 6 heteroatoms. The van der Waals surface area contributed by atoms with Crippen molar-refractivity contribution < 1.29 is 23.7 Å². The Kier molecular flexibility index (Phi) is 6.83. The Hall–Kier alpha value is -3.93. The number of hydrogen-bond acceptors (Lipinski definition) is 5. The molecule has 1 aliphatic rings. The number of hydrogen-bond donors (Lipinski definition) is 1. The average Bonchev–Trinajstić information content (AvgIpc) is 3.18. The SMILES string of the molecule is COc1cc(C=CCNC(=O)OCC2c3ccccc3-c3ccccc32)cc(OC)c1OC. The predicted molar refractivity (Wildman–Crippen MR) is 128 cm³/mol. The summed E-state index contributed by atoms with van der Waals surface area (Å²) in [4.78, 5) is 12.3. The maximum Gasteiger partial charge on any atom is 0.407 e. The molecule has 1 amide bonds. The first-order chi connectivity index (χ1) is 16.2. The first-order valence-electron chi connectivity index (χ1n) is 10.7. The van der Waals surface area contributed by atoms with Gasteiger partial charge in [-0.3, -0.25) is 0 Å². The highest BCUT2D eigenvalue weighted by molar-refractivity contribution is 5.79. The molecule has 0 saturated heterocycles. The van der Waals surface area contributed by atoms with Crippen molar-refractivity contribution in [1.29, 1.82) is 0 Å². The molecule has 3 aromatic carbocycles. The zero-order chi connectivity index (χ0) is 23.2. The van der Waals surface area contributed by atoms with Crippen LogP contribution >= 0.6 is 0 Å². The number of amides is 1. The summed E-state index contributed by atoms with van der Waals surface area (Å²) in [6, 6.07) is 20.2. The number of benzene rings is 3. The lowest BCUT2D eigenvalue weighted by atomic mass is 9.98. The van der Waals surface area contributed by atoms with Crippen molar-refractivity contribution >= 4 is 12.2 Å². The van der Waals surface area contributed by atoms with Gasteiger partial charge in [0.25, 0.3) is 0 Å². The summed E-state index contributed by atoms with van der Waals surface area (Å²) in [5.74, 6) is 1.72. The molecular formula is C27H27NO5. The molecule has 6 nitrogen and oxygen atoms in total. The Morgan fingerprint density at radius 3 is 2.00 bits per heavy atom. The molecule has 1 aliphatic carbocycles. The van der Waals surface area contributed by atoms with E-state index in [0.717, 1.165) is 5.56 Å². The maximum atomic E-state index is 12.3. The number of nitrogens with one attached hydrogen (secondary N) is 1. The first-order valence-corrected chi connectivity index (χ1v) is 10.7. The number of fused-ring (bicyclic) bond motifs is 3. The van der Waals surface area contributed by atoms with E-state index in [1.165, 1.54) is 22.3 Å². The fourth-order valence-corrected chi connectivity index (χ4v) is 4.18. The number of rotatable bonds is 8. The molecule has 170 valence electrons. The number of carbonyl (C=O) groups excluding carboxylic acids is 1. The Bertz CT molecular complexity index is 1100. The third-order valence-corrected chi connectivity index (χ3v) is 5.71. The van der Waals surface area contributed by atoms with Crippen molar-refractivity contribution in [3.63, 3.8) is 0 Å². The van der Waals surface area contributed by atoms with Gasteiger partial charge < -0.3 is 24.3 Å². The van der Waals surface area contributed by atoms with Crippen LogP contribution in [0.15, 0.2) is 66.7 Å². The molecule has 0 heterocycles. The Morgan fingerprint density at radius 2 is 1.45 bits per heavy atom. The van der Waals surface area contributed by atoms with E-state index in [2.05, 4.69) is 29.6 Å². The number of ether oxygens (including phenoxy) is 4. The zero-order valence-electron chi connectivity index (χ0n) is 19.0. The van der Waals surface area contributed by atoms with Crippen LogP contribution in [-0.2, 0) is 4.74 Å². The van der Waals surface area contributed by atoms with E-state index >= 15 is 0 Å². The van der Waals surface area contributed by atoms with Gasteiger partial charge in [-0.15, -0.1) is 0 Å². The Morgan fingerprint density at radius 1 is 0.879 bits per heavy atom. The summed E-state index contributed by atoms with van der Waals surface area (Å²) in [5.41, 5.74) is 5.65. The summed E-state index contributed by atoms with van der Waals surface area (Å²) in [5, 5.41) is 2.77. The quantitative estimate of drug-likeness (QED) is 0.512. The van der Waals surface area contributed by atoms with Gasteiger partial charge in [0, 0.05) is 12.5 Å². The normalized spacial score (nSPS) is 12.2. The van der Waals surface area contributed by atoms with Crippen molar-refractivity contribution in [2.45, 2.75) is 5.92 Å². The van der Waals surface area contributed by atoms with Crippen LogP contribution in [0.25, 0.3) is 17.2 Å². The molecule has 1 N–H and O–H groups in total. The highest BCUT2D eigenvalue weighted by Gasteiger charge is 2.28. The molecule has 33 heavy (non-hydrogen) atoms. The number of alkyl carbamates (subject to hydrolysis) is 1. The smallest absolute Gasteiger partial charge is 0.407 e. The fraction of sp³-hybridized carbons (Fsp3) is 0.222. The molecule has 3 aromatic rings. The van der Waals surface area contributed by atoms with E-state index in [1.54, 1.807) is 21.3 Å². The highest BCUT2D eigenvalue weighted by Crippen LogP contribution is 2.44.